The van der Waals surface area contributed by atoms with E-state index >= 15 is 0 Å². The molecule has 0 spiro atoms. The molecule has 4 rings (SSSR count). The molecule has 0 bridgehead atoms. The van der Waals surface area contributed by atoms with E-state index in [1.165, 1.54) is 11.5 Å². The number of carbonyl (C=O) groups excluding carboxylic acids is 1. The van der Waals surface area contributed by atoms with Crippen LogP contribution in [0.3, 0.4) is 0 Å². The highest BCUT2D eigenvalue weighted by atomic mass is 32.1. The largest absolute Gasteiger partial charge is 0.364 e. The van der Waals surface area contributed by atoms with E-state index in [4.69, 9.17) is 4.98 Å². The van der Waals surface area contributed by atoms with E-state index < -0.39 is 0 Å². The fraction of sp³-hybridized carbons (Fsp3) is 0.474. The number of nitrogens with zero attached hydrogens (tertiary/aromatic N) is 5. The Bertz CT molecular complexity index is 980. The van der Waals surface area contributed by atoms with Crippen LogP contribution in [0.1, 0.15) is 32.4 Å². The lowest BCUT2D eigenvalue weighted by atomic mass is 10.0. The lowest BCUT2D eigenvalue weighted by molar-refractivity contribution is -0.135. The molecule has 3 aromatic heterocycles. The minimum atomic E-state index is 0.0220. The van der Waals surface area contributed by atoms with Crippen LogP contribution in [0.15, 0.2) is 24.4 Å². The molecule has 28 heavy (non-hydrogen) atoms. The number of fused-ring (bicyclic) bond motifs is 1. The van der Waals surface area contributed by atoms with E-state index in [1.807, 2.05) is 54.6 Å². The van der Waals surface area contributed by atoms with Crippen LogP contribution >= 0.6 is 11.5 Å². The lowest BCUT2D eigenvalue weighted by Gasteiger charge is -2.34. The maximum absolute atomic E-state index is 12.4. The summed E-state index contributed by atoms with van der Waals surface area (Å²) in [6.45, 7) is 7.39. The smallest absolute Gasteiger partial charge is 0.248 e. The molecule has 1 fully saturated rings. The Kier molecular flexibility index (Phi) is 5.17. The topological polar surface area (TPSA) is 87.5 Å². The summed E-state index contributed by atoms with van der Waals surface area (Å²) in [7, 11) is 0. The number of carbonyl (C=O) groups is 1. The van der Waals surface area contributed by atoms with Gasteiger partial charge in [0.25, 0.3) is 0 Å². The van der Waals surface area contributed by atoms with E-state index in [-0.39, 0.29) is 17.9 Å². The number of nitrogens with one attached hydrogen (secondary N) is 2. The molecule has 1 aliphatic heterocycles. The first-order valence-electron chi connectivity index (χ1n) is 9.60. The van der Waals surface area contributed by atoms with Gasteiger partial charge in [-0.1, -0.05) is 13.8 Å². The molecule has 9 heteroatoms. The highest BCUT2D eigenvalue weighted by Crippen LogP contribution is 2.24. The quantitative estimate of drug-likeness (QED) is 0.684. The number of hydrogen-bond acceptors (Lipinski definition) is 7. The first-order valence-corrected chi connectivity index (χ1v) is 10.4. The van der Waals surface area contributed by atoms with Gasteiger partial charge in [-0.2, -0.15) is 9.36 Å². The van der Waals surface area contributed by atoms with Gasteiger partial charge in [0.15, 0.2) is 5.82 Å². The van der Waals surface area contributed by atoms with Gasteiger partial charge in [0.05, 0.1) is 5.69 Å². The van der Waals surface area contributed by atoms with E-state index in [9.17, 15) is 4.79 Å². The van der Waals surface area contributed by atoms with Crippen LogP contribution in [0.2, 0.25) is 0 Å². The molecule has 0 aromatic carbocycles. The molecule has 1 saturated heterocycles. The van der Waals surface area contributed by atoms with Crippen molar-refractivity contribution in [3.8, 4) is 0 Å². The van der Waals surface area contributed by atoms with E-state index in [0.717, 1.165) is 41.4 Å². The second-order valence-corrected chi connectivity index (χ2v) is 8.31. The summed E-state index contributed by atoms with van der Waals surface area (Å²) in [5.41, 5.74) is 1.88. The fourth-order valence-electron chi connectivity index (χ4n) is 3.48. The van der Waals surface area contributed by atoms with Crippen molar-refractivity contribution in [1.29, 1.82) is 0 Å². The highest BCUT2D eigenvalue weighted by molar-refractivity contribution is 7.10. The minimum Gasteiger partial charge on any atom is -0.364 e. The van der Waals surface area contributed by atoms with Crippen molar-refractivity contribution >= 4 is 39.7 Å². The Morgan fingerprint density at radius 2 is 2.25 bits per heavy atom. The number of hydrogen-bond donors (Lipinski definition) is 2. The molecule has 0 aliphatic carbocycles. The first kappa shape index (κ1) is 18.7. The zero-order valence-electron chi connectivity index (χ0n) is 16.3. The molecular weight excluding hydrogens is 374 g/mol. The molecule has 0 radical (unpaired) electrons. The summed E-state index contributed by atoms with van der Waals surface area (Å²) >= 11 is 1.38. The number of likely N-dealkylation sites (tertiary alicyclic amines) is 1. The molecule has 4 heterocycles. The lowest BCUT2D eigenvalue weighted by Crippen LogP contribution is -2.46. The first-order chi connectivity index (χ1) is 13.5. The van der Waals surface area contributed by atoms with Crippen LogP contribution in [0.4, 0.5) is 16.8 Å². The highest BCUT2D eigenvalue weighted by Gasteiger charge is 2.26. The third kappa shape index (κ3) is 3.94. The second-order valence-electron chi connectivity index (χ2n) is 7.50. The van der Waals surface area contributed by atoms with E-state index in [2.05, 4.69) is 20.1 Å². The van der Waals surface area contributed by atoms with E-state index in [1.54, 1.807) is 0 Å². The van der Waals surface area contributed by atoms with Crippen LogP contribution < -0.4 is 10.6 Å². The average molecular weight is 400 g/mol. The minimum absolute atomic E-state index is 0.0220. The van der Waals surface area contributed by atoms with Gasteiger partial charge >= 0.3 is 0 Å². The van der Waals surface area contributed by atoms with Crippen molar-refractivity contribution in [2.45, 2.75) is 39.7 Å². The summed E-state index contributed by atoms with van der Waals surface area (Å²) in [6.07, 6.45) is 3.90. The number of aromatic nitrogens is 4. The van der Waals surface area contributed by atoms with E-state index in [0.29, 0.717) is 12.5 Å². The maximum atomic E-state index is 12.4. The van der Waals surface area contributed by atoms with Gasteiger partial charge in [0.2, 0.25) is 11.9 Å². The molecule has 0 unspecified atom stereocenters. The molecule has 3 aromatic rings. The monoisotopic (exact) mass is 399 g/mol. The average Bonchev–Trinajstić information content (AvgIpc) is 3.30. The van der Waals surface area contributed by atoms with Crippen molar-refractivity contribution in [2.24, 2.45) is 5.92 Å². The van der Waals surface area contributed by atoms with Gasteiger partial charge in [0.1, 0.15) is 10.5 Å². The van der Waals surface area contributed by atoms with Gasteiger partial charge < -0.3 is 15.5 Å². The second kappa shape index (κ2) is 7.75. The Morgan fingerprint density at radius 1 is 1.39 bits per heavy atom. The van der Waals surface area contributed by atoms with Gasteiger partial charge in [-0.15, -0.1) is 5.10 Å². The Morgan fingerprint density at radius 3 is 3.00 bits per heavy atom. The zero-order chi connectivity index (χ0) is 19.7. The number of anilines is 3. The van der Waals surface area contributed by atoms with Crippen LogP contribution in [-0.2, 0) is 4.79 Å². The normalized spacial score (nSPS) is 17.3. The standard InChI is InChI=1S/C19H25N7OS/c1-12(2)18(27)25-8-4-6-14(11-25)20-17-15-7-5-9-26(15)23-19(22-17)21-16-10-13(3)24-28-16/h5,7,9-10,12,14H,4,6,8,11H2,1-3H3,(H2,20,21,22,23)/t14-/m1/s1. The van der Waals surface area contributed by atoms with Gasteiger partial charge in [0, 0.05) is 31.2 Å². The summed E-state index contributed by atoms with van der Waals surface area (Å²) in [5, 5.41) is 12.2. The number of piperidine rings is 1. The molecule has 1 amide bonds. The predicted molar refractivity (Wildman–Crippen MR) is 111 cm³/mol. The van der Waals surface area contributed by atoms with Crippen LogP contribution in [0, 0.1) is 12.8 Å². The SMILES string of the molecule is Cc1cc(Nc2nc(N[C@@H]3CCCN(C(=O)C(C)C)C3)c3cccn3n2)sn1. The van der Waals surface area contributed by atoms with Crippen molar-refractivity contribution in [3.05, 3.63) is 30.1 Å². The summed E-state index contributed by atoms with van der Waals surface area (Å²) in [4.78, 5) is 19.0. The molecule has 2 N–H and O–H groups in total. The predicted octanol–water partition coefficient (Wildman–Crippen LogP) is 3.30. The van der Waals surface area contributed by atoms with Gasteiger partial charge in [-0.25, -0.2) is 4.52 Å². The Hall–Kier alpha value is -2.68. The molecule has 148 valence electrons. The molecule has 8 nitrogen and oxygen atoms in total. The van der Waals surface area contributed by atoms with Crippen molar-refractivity contribution in [1.82, 2.24) is 23.9 Å². The summed E-state index contributed by atoms with van der Waals surface area (Å²) in [6, 6.07) is 6.08. The summed E-state index contributed by atoms with van der Waals surface area (Å²) in [5.74, 6) is 1.52. The zero-order valence-corrected chi connectivity index (χ0v) is 17.2. The molecule has 0 saturated carbocycles. The van der Waals surface area contributed by atoms with Crippen LogP contribution in [0.5, 0.6) is 0 Å². The van der Waals surface area contributed by atoms with Gasteiger partial charge in [-0.05, 0) is 49.5 Å². The number of rotatable bonds is 5. The molecule has 1 aliphatic rings. The molecule has 1 atom stereocenters. The van der Waals surface area contributed by atoms with Crippen molar-refractivity contribution in [2.75, 3.05) is 23.7 Å². The third-order valence-electron chi connectivity index (χ3n) is 4.82. The number of amides is 1. The van der Waals surface area contributed by atoms with Crippen LogP contribution in [0.25, 0.3) is 5.52 Å². The van der Waals surface area contributed by atoms with Crippen molar-refractivity contribution in [3.63, 3.8) is 0 Å². The molecular formula is C19H25N7OS. The number of aryl methyl sites for hydroxylation is 1. The fourth-order valence-corrected chi connectivity index (χ4v) is 4.14. The Balaban J connectivity index is 1.55. The van der Waals surface area contributed by atoms with Crippen LogP contribution in [-0.4, -0.2) is 48.9 Å². The third-order valence-corrected chi connectivity index (χ3v) is 5.62. The van der Waals surface area contributed by atoms with Crippen molar-refractivity contribution < 1.29 is 4.79 Å². The van der Waals surface area contributed by atoms with Gasteiger partial charge in [-0.3, -0.25) is 4.79 Å². The Labute approximate surface area is 168 Å². The maximum Gasteiger partial charge on any atom is 0.248 e. The summed E-state index contributed by atoms with van der Waals surface area (Å²) < 4.78 is 6.09.